The summed E-state index contributed by atoms with van der Waals surface area (Å²) in [6.45, 7) is 1.97. The number of carbonyl (C=O) groups is 1. The molecule has 0 fully saturated rings. The number of nitrogens with zero attached hydrogens (tertiary/aromatic N) is 4. The van der Waals surface area contributed by atoms with Crippen molar-refractivity contribution in [3.8, 4) is 33.1 Å². The van der Waals surface area contributed by atoms with Crippen LogP contribution >= 0.6 is 11.3 Å². The predicted molar refractivity (Wildman–Crippen MR) is 139 cm³/mol. The van der Waals surface area contributed by atoms with E-state index < -0.39 is 0 Å². The molecule has 0 radical (unpaired) electrons. The van der Waals surface area contributed by atoms with Crippen LogP contribution in [-0.2, 0) is 4.79 Å². The monoisotopic (exact) mass is 497 g/mol. The number of imidazole rings is 1. The van der Waals surface area contributed by atoms with Crippen molar-refractivity contribution in [1.82, 2.24) is 30.1 Å². The zero-order valence-electron chi connectivity index (χ0n) is 19.2. The molecule has 3 N–H and O–H groups in total. The van der Waals surface area contributed by atoms with Crippen LogP contribution in [0.25, 0.3) is 55.2 Å². The van der Waals surface area contributed by atoms with Crippen LogP contribution in [0.1, 0.15) is 19.8 Å². The van der Waals surface area contributed by atoms with Crippen molar-refractivity contribution in [1.29, 1.82) is 0 Å². The molecule has 0 spiro atoms. The van der Waals surface area contributed by atoms with E-state index in [0.29, 0.717) is 34.8 Å². The molecule has 0 aliphatic carbocycles. The van der Waals surface area contributed by atoms with Crippen LogP contribution < -0.4 is 5.32 Å². The molecular formula is C26H20FN7OS. The molecule has 5 aromatic heterocycles. The third-order valence-corrected chi connectivity index (χ3v) is 6.75. The van der Waals surface area contributed by atoms with Crippen LogP contribution in [0.5, 0.6) is 0 Å². The van der Waals surface area contributed by atoms with E-state index >= 15 is 0 Å². The molecule has 5 heterocycles. The highest BCUT2D eigenvalue weighted by Gasteiger charge is 2.17. The van der Waals surface area contributed by atoms with Crippen molar-refractivity contribution in [2.24, 2.45) is 0 Å². The van der Waals surface area contributed by atoms with Gasteiger partial charge in [0.25, 0.3) is 0 Å². The quantitative estimate of drug-likeness (QED) is 0.255. The fraction of sp³-hybridized carbons (Fsp3) is 0.115. The maximum atomic E-state index is 13.7. The van der Waals surface area contributed by atoms with Crippen molar-refractivity contribution >= 4 is 45.0 Å². The number of pyridine rings is 2. The Bertz CT molecular complexity index is 1740. The Morgan fingerprint density at radius 3 is 2.86 bits per heavy atom. The fourth-order valence-corrected chi connectivity index (χ4v) is 4.93. The Kier molecular flexibility index (Phi) is 5.49. The molecule has 8 nitrogen and oxygen atoms in total. The van der Waals surface area contributed by atoms with Gasteiger partial charge in [-0.3, -0.25) is 14.9 Å². The number of benzene rings is 1. The van der Waals surface area contributed by atoms with Crippen molar-refractivity contribution < 1.29 is 9.18 Å². The first-order chi connectivity index (χ1) is 17.6. The predicted octanol–water partition coefficient (Wildman–Crippen LogP) is 6.17. The third kappa shape index (κ3) is 4.01. The summed E-state index contributed by atoms with van der Waals surface area (Å²) in [5.41, 5.74) is 6.01. The van der Waals surface area contributed by atoms with E-state index in [-0.39, 0.29) is 11.0 Å². The van der Waals surface area contributed by atoms with Crippen molar-refractivity contribution in [2.75, 3.05) is 5.32 Å². The molecule has 0 bridgehead atoms. The molecule has 6 aromatic rings. The zero-order chi connectivity index (χ0) is 24.6. The van der Waals surface area contributed by atoms with Gasteiger partial charge in [0.15, 0.2) is 16.6 Å². The van der Waals surface area contributed by atoms with E-state index in [1.54, 1.807) is 24.7 Å². The average molecular weight is 498 g/mol. The first kappa shape index (κ1) is 22.1. The molecule has 0 unspecified atom stereocenters. The normalized spacial score (nSPS) is 11.4. The summed E-state index contributed by atoms with van der Waals surface area (Å²) in [6, 6.07) is 12.9. The molecule has 6 rings (SSSR count). The number of anilines is 1. The van der Waals surface area contributed by atoms with E-state index in [2.05, 4.69) is 30.5 Å². The van der Waals surface area contributed by atoms with Gasteiger partial charge in [-0.25, -0.2) is 9.97 Å². The second kappa shape index (κ2) is 8.97. The summed E-state index contributed by atoms with van der Waals surface area (Å²) in [7, 11) is 0. The minimum atomic E-state index is -0.250. The zero-order valence-corrected chi connectivity index (χ0v) is 20.0. The molecule has 0 saturated carbocycles. The SMILES string of the molecule is CCCC(=O)Nc1cncc(-c2ccc3[nH]nc(-c4nc5c(-c6ccc(F)s6)ccnc5[nH]4)c3c2)c1. The van der Waals surface area contributed by atoms with Crippen LogP contribution in [-0.4, -0.2) is 36.0 Å². The first-order valence-corrected chi connectivity index (χ1v) is 12.2. The smallest absolute Gasteiger partial charge is 0.224 e. The molecule has 178 valence electrons. The molecule has 0 aliphatic heterocycles. The lowest BCUT2D eigenvalue weighted by Gasteiger charge is -2.07. The highest BCUT2D eigenvalue weighted by Crippen LogP contribution is 2.34. The molecular weight excluding hydrogens is 477 g/mol. The van der Waals surface area contributed by atoms with Gasteiger partial charge in [0.05, 0.1) is 17.4 Å². The number of carbonyl (C=O) groups excluding carboxylic acids is 1. The standard InChI is InChI=1S/C26H20FN7OS/c1-2-3-22(35)30-16-10-15(12-28-13-16)14-4-5-19-18(11-14)24(34-33-19)26-31-23-17(8-9-29-25(23)32-26)20-6-7-21(27)36-20/h4-13H,2-3H2,1H3,(H,30,35)(H,33,34)(H,29,31,32). The lowest BCUT2D eigenvalue weighted by atomic mass is 10.0. The average Bonchev–Trinajstić information content (AvgIpc) is 3.61. The van der Waals surface area contributed by atoms with Gasteiger partial charge in [0.2, 0.25) is 5.91 Å². The summed E-state index contributed by atoms with van der Waals surface area (Å²) in [5, 5.41) is 11.1. The number of amides is 1. The van der Waals surface area contributed by atoms with E-state index in [4.69, 9.17) is 4.98 Å². The molecule has 1 amide bonds. The molecule has 0 atom stereocenters. The molecule has 0 saturated heterocycles. The highest BCUT2D eigenvalue weighted by molar-refractivity contribution is 7.14. The van der Waals surface area contributed by atoms with E-state index in [9.17, 15) is 9.18 Å². The Morgan fingerprint density at radius 2 is 2.03 bits per heavy atom. The lowest BCUT2D eigenvalue weighted by molar-refractivity contribution is -0.116. The van der Waals surface area contributed by atoms with Crippen LogP contribution in [0.2, 0.25) is 0 Å². The Balaban J connectivity index is 1.40. The minimum Gasteiger partial charge on any atom is -0.325 e. The van der Waals surface area contributed by atoms with Crippen LogP contribution in [0.4, 0.5) is 10.1 Å². The number of nitrogens with one attached hydrogen (secondary N) is 3. The van der Waals surface area contributed by atoms with Gasteiger partial charge < -0.3 is 10.3 Å². The second-order valence-corrected chi connectivity index (χ2v) is 9.37. The van der Waals surface area contributed by atoms with Crippen LogP contribution in [0.3, 0.4) is 0 Å². The number of aromatic nitrogens is 6. The topological polar surface area (TPSA) is 112 Å². The number of fused-ring (bicyclic) bond motifs is 2. The van der Waals surface area contributed by atoms with Gasteiger partial charge in [0, 0.05) is 40.2 Å². The highest BCUT2D eigenvalue weighted by atomic mass is 32.1. The van der Waals surface area contributed by atoms with Gasteiger partial charge in [0.1, 0.15) is 11.2 Å². The van der Waals surface area contributed by atoms with E-state index in [1.807, 2.05) is 37.3 Å². The lowest BCUT2D eigenvalue weighted by Crippen LogP contribution is -2.10. The van der Waals surface area contributed by atoms with Gasteiger partial charge in [-0.15, -0.1) is 11.3 Å². The Hall–Kier alpha value is -4.44. The second-order valence-electron chi connectivity index (χ2n) is 8.34. The van der Waals surface area contributed by atoms with Gasteiger partial charge in [-0.05, 0) is 48.4 Å². The summed E-state index contributed by atoms with van der Waals surface area (Å²) < 4.78 is 13.7. The van der Waals surface area contributed by atoms with Gasteiger partial charge in [-0.2, -0.15) is 9.49 Å². The van der Waals surface area contributed by atoms with Crippen LogP contribution in [0, 0.1) is 5.13 Å². The van der Waals surface area contributed by atoms with Gasteiger partial charge in [-0.1, -0.05) is 13.0 Å². The Labute approximate surface area is 208 Å². The minimum absolute atomic E-state index is 0.0350. The number of hydrogen-bond donors (Lipinski definition) is 3. The van der Waals surface area contributed by atoms with Crippen molar-refractivity contribution in [2.45, 2.75) is 19.8 Å². The van der Waals surface area contributed by atoms with Gasteiger partial charge >= 0.3 is 0 Å². The summed E-state index contributed by atoms with van der Waals surface area (Å²) in [5.74, 6) is 0.524. The molecule has 10 heteroatoms. The molecule has 0 aliphatic rings. The largest absolute Gasteiger partial charge is 0.325 e. The number of thiophene rings is 1. The maximum absolute atomic E-state index is 13.7. The summed E-state index contributed by atoms with van der Waals surface area (Å²) in [4.78, 5) is 29.5. The Morgan fingerprint density at radius 1 is 1.11 bits per heavy atom. The van der Waals surface area contributed by atoms with Crippen molar-refractivity contribution in [3.05, 3.63) is 66.2 Å². The van der Waals surface area contributed by atoms with E-state index in [0.717, 1.165) is 50.2 Å². The number of rotatable bonds is 6. The summed E-state index contributed by atoms with van der Waals surface area (Å²) in [6.07, 6.45) is 6.31. The third-order valence-electron chi connectivity index (χ3n) is 5.84. The number of H-pyrrole nitrogens is 2. The first-order valence-electron chi connectivity index (χ1n) is 11.4. The van der Waals surface area contributed by atoms with Crippen LogP contribution in [0.15, 0.2) is 61.1 Å². The van der Waals surface area contributed by atoms with Crippen molar-refractivity contribution in [3.63, 3.8) is 0 Å². The molecule has 36 heavy (non-hydrogen) atoms. The number of halogens is 1. The fourth-order valence-electron chi connectivity index (χ4n) is 4.17. The maximum Gasteiger partial charge on any atom is 0.224 e. The summed E-state index contributed by atoms with van der Waals surface area (Å²) >= 11 is 1.07. The number of hydrogen-bond acceptors (Lipinski definition) is 6. The van der Waals surface area contributed by atoms with E-state index in [1.165, 1.54) is 6.07 Å². The molecule has 1 aromatic carbocycles. The number of aromatic amines is 2.